The van der Waals surface area contributed by atoms with E-state index in [9.17, 15) is 4.79 Å². The molecular weight excluding hydrogens is 230 g/mol. The minimum atomic E-state index is -0.240. The number of benzene rings is 1. The SMILES string of the molecule is Cc1nc2ccc(CCOC(=O)CCN)cc2[nH]1. The van der Waals surface area contributed by atoms with Gasteiger partial charge in [-0.3, -0.25) is 4.79 Å². The summed E-state index contributed by atoms with van der Waals surface area (Å²) in [6.07, 6.45) is 0.975. The molecule has 0 aliphatic heterocycles. The second-order valence-corrected chi connectivity index (χ2v) is 4.18. The van der Waals surface area contributed by atoms with E-state index >= 15 is 0 Å². The molecule has 5 heteroatoms. The van der Waals surface area contributed by atoms with Crippen LogP contribution in [0, 0.1) is 6.92 Å². The van der Waals surface area contributed by atoms with E-state index in [-0.39, 0.29) is 12.4 Å². The number of H-pyrrole nitrogens is 1. The molecular formula is C13H17N3O2. The second kappa shape index (κ2) is 5.64. The lowest BCUT2D eigenvalue weighted by atomic mass is 10.1. The van der Waals surface area contributed by atoms with Gasteiger partial charge in [0.1, 0.15) is 5.82 Å². The molecule has 0 unspecified atom stereocenters. The van der Waals surface area contributed by atoms with Gasteiger partial charge in [0.2, 0.25) is 0 Å². The average Bonchev–Trinajstić information content (AvgIpc) is 2.69. The molecule has 0 bridgehead atoms. The molecule has 0 amide bonds. The van der Waals surface area contributed by atoms with E-state index < -0.39 is 0 Å². The van der Waals surface area contributed by atoms with E-state index in [4.69, 9.17) is 10.5 Å². The summed E-state index contributed by atoms with van der Waals surface area (Å²) >= 11 is 0. The van der Waals surface area contributed by atoms with Gasteiger partial charge in [-0.2, -0.15) is 0 Å². The van der Waals surface area contributed by atoms with Crippen molar-refractivity contribution < 1.29 is 9.53 Å². The van der Waals surface area contributed by atoms with E-state index in [2.05, 4.69) is 9.97 Å². The number of esters is 1. The van der Waals surface area contributed by atoms with Gasteiger partial charge < -0.3 is 15.5 Å². The first-order valence-electron chi connectivity index (χ1n) is 6.00. The fourth-order valence-corrected chi connectivity index (χ4v) is 1.81. The number of hydrogen-bond donors (Lipinski definition) is 2. The molecule has 0 fully saturated rings. The van der Waals surface area contributed by atoms with Gasteiger partial charge in [0.25, 0.3) is 0 Å². The second-order valence-electron chi connectivity index (χ2n) is 4.18. The number of nitrogens with zero attached hydrogens (tertiary/aromatic N) is 1. The van der Waals surface area contributed by atoms with Crippen molar-refractivity contribution in [1.82, 2.24) is 9.97 Å². The Bertz CT molecular complexity index is 548. The van der Waals surface area contributed by atoms with Gasteiger partial charge in [0.05, 0.1) is 24.1 Å². The lowest BCUT2D eigenvalue weighted by Gasteiger charge is -2.04. The highest BCUT2D eigenvalue weighted by atomic mass is 16.5. The van der Waals surface area contributed by atoms with Crippen molar-refractivity contribution in [3.8, 4) is 0 Å². The third-order valence-corrected chi connectivity index (χ3v) is 2.67. The first-order chi connectivity index (χ1) is 8.69. The average molecular weight is 247 g/mol. The maximum atomic E-state index is 11.1. The molecule has 1 heterocycles. The number of fused-ring (bicyclic) bond motifs is 1. The van der Waals surface area contributed by atoms with Gasteiger partial charge in [-0.15, -0.1) is 0 Å². The number of carbonyl (C=O) groups is 1. The number of aromatic nitrogens is 2. The van der Waals surface area contributed by atoms with Crippen molar-refractivity contribution in [1.29, 1.82) is 0 Å². The predicted octanol–water partition coefficient (Wildman–Crippen LogP) is 1.31. The van der Waals surface area contributed by atoms with Gasteiger partial charge in [0, 0.05) is 13.0 Å². The van der Waals surface area contributed by atoms with Gasteiger partial charge in [-0.1, -0.05) is 6.07 Å². The molecule has 2 aromatic rings. The minimum absolute atomic E-state index is 0.240. The van der Waals surface area contributed by atoms with Gasteiger partial charge in [-0.25, -0.2) is 4.98 Å². The monoisotopic (exact) mass is 247 g/mol. The first-order valence-corrected chi connectivity index (χ1v) is 6.00. The summed E-state index contributed by atoms with van der Waals surface area (Å²) < 4.78 is 5.06. The number of aryl methyl sites for hydroxylation is 1. The Balaban J connectivity index is 1.93. The summed E-state index contributed by atoms with van der Waals surface area (Å²) in [6, 6.07) is 6.00. The quantitative estimate of drug-likeness (QED) is 0.780. The normalized spacial score (nSPS) is 10.8. The highest BCUT2D eigenvalue weighted by molar-refractivity contribution is 5.75. The number of hydrogen-bond acceptors (Lipinski definition) is 4. The van der Waals surface area contributed by atoms with Crippen LogP contribution in [0.2, 0.25) is 0 Å². The van der Waals surface area contributed by atoms with Crippen LogP contribution in [-0.4, -0.2) is 29.1 Å². The van der Waals surface area contributed by atoms with Crippen molar-refractivity contribution in [2.45, 2.75) is 19.8 Å². The van der Waals surface area contributed by atoms with Crippen molar-refractivity contribution in [2.24, 2.45) is 5.73 Å². The Morgan fingerprint density at radius 3 is 3.11 bits per heavy atom. The smallest absolute Gasteiger partial charge is 0.307 e. The Morgan fingerprint density at radius 1 is 1.50 bits per heavy atom. The van der Waals surface area contributed by atoms with Crippen LogP contribution >= 0.6 is 0 Å². The van der Waals surface area contributed by atoms with Crippen molar-refractivity contribution in [2.75, 3.05) is 13.2 Å². The van der Waals surface area contributed by atoms with E-state index in [1.165, 1.54) is 0 Å². The van der Waals surface area contributed by atoms with Crippen LogP contribution in [0.5, 0.6) is 0 Å². The zero-order chi connectivity index (χ0) is 13.0. The van der Waals surface area contributed by atoms with E-state index in [1.807, 2.05) is 25.1 Å². The number of nitrogens with two attached hydrogens (primary N) is 1. The van der Waals surface area contributed by atoms with Crippen LogP contribution in [0.3, 0.4) is 0 Å². The lowest BCUT2D eigenvalue weighted by molar-refractivity contribution is -0.143. The van der Waals surface area contributed by atoms with Gasteiger partial charge >= 0.3 is 5.97 Å². The Hall–Kier alpha value is -1.88. The molecule has 2 rings (SSSR count). The van der Waals surface area contributed by atoms with Gasteiger partial charge in [0.15, 0.2) is 0 Å². The summed E-state index contributed by atoms with van der Waals surface area (Å²) in [5, 5.41) is 0. The number of nitrogens with one attached hydrogen (secondary N) is 1. The summed E-state index contributed by atoms with van der Waals surface area (Å²) in [6.45, 7) is 2.64. The molecule has 1 aromatic carbocycles. The molecule has 5 nitrogen and oxygen atoms in total. The summed E-state index contributed by atoms with van der Waals surface area (Å²) in [7, 11) is 0. The zero-order valence-electron chi connectivity index (χ0n) is 10.4. The summed E-state index contributed by atoms with van der Waals surface area (Å²) in [4.78, 5) is 18.6. The van der Waals surface area contributed by atoms with Crippen LogP contribution in [0.25, 0.3) is 11.0 Å². The lowest BCUT2D eigenvalue weighted by Crippen LogP contribution is -2.12. The van der Waals surface area contributed by atoms with E-state index in [1.54, 1.807) is 0 Å². The van der Waals surface area contributed by atoms with Gasteiger partial charge in [-0.05, 0) is 24.6 Å². The molecule has 0 aliphatic rings. The summed E-state index contributed by atoms with van der Waals surface area (Å²) in [5.74, 6) is 0.660. The topological polar surface area (TPSA) is 81.0 Å². The largest absolute Gasteiger partial charge is 0.465 e. The molecule has 0 saturated heterocycles. The molecule has 0 radical (unpaired) electrons. The molecule has 3 N–H and O–H groups in total. The maximum Gasteiger partial charge on any atom is 0.307 e. The van der Waals surface area contributed by atoms with Crippen LogP contribution in [0.4, 0.5) is 0 Å². The Kier molecular flexibility index (Phi) is 3.94. The number of ether oxygens (including phenoxy) is 1. The van der Waals surface area contributed by atoms with E-state index in [0.717, 1.165) is 22.4 Å². The minimum Gasteiger partial charge on any atom is -0.465 e. The van der Waals surface area contributed by atoms with Crippen LogP contribution in [-0.2, 0) is 16.0 Å². The molecule has 0 spiro atoms. The maximum absolute atomic E-state index is 11.1. The highest BCUT2D eigenvalue weighted by Gasteiger charge is 2.03. The highest BCUT2D eigenvalue weighted by Crippen LogP contribution is 2.13. The fraction of sp³-hybridized carbons (Fsp3) is 0.385. The number of imidazole rings is 1. The molecule has 0 atom stereocenters. The standard InChI is InChI=1S/C13H17N3O2/c1-9-15-11-3-2-10(8-12(11)16-9)5-7-18-13(17)4-6-14/h2-3,8H,4-7,14H2,1H3,(H,15,16). The number of rotatable bonds is 5. The van der Waals surface area contributed by atoms with Crippen molar-refractivity contribution in [3.05, 3.63) is 29.6 Å². The fourth-order valence-electron chi connectivity index (χ4n) is 1.81. The van der Waals surface area contributed by atoms with Crippen LogP contribution < -0.4 is 5.73 Å². The van der Waals surface area contributed by atoms with Crippen LogP contribution in [0.15, 0.2) is 18.2 Å². The van der Waals surface area contributed by atoms with E-state index in [0.29, 0.717) is 19.6 Å². The number of carbonyl (C=O) groups excluding carboxylic acids is 1. The van der Waals surface area contributed by atoms with Crippen molar-refractivity contribution in [3.63, 3.8) is 0 Å². The zero-order valence-corrected chi connectivity index (χ0v) is 10.4. The summed E-state index contributed by atoms with van der Waals surface area (Å²) in [5.41, 5.74) is 8.35. The number of aromatic amines is 1. The third kappa shape index (κ3) is 3.07. The molecule has 0 aliphatic carbocycles. The van der Waals surface area contributed by atoms with Crippen molar-refractivity contribution >= 4 is 17.0 Å². The molecule has 1 aromatic heterocycles. The Morgan fingerprint density at radius 2 is 2.33 bits per heavy atom. The van der Waals surface area contributed by atoms with Crippen LogP contribution in [0.1, 0.15) is 17.8 Å². The Labute approximate surface area is 105 Å². The molecule has 0 saturated carbocycles. The third-order valence-electron chi connectivity index (χ3n) is 2.67. The predicted molar refractivity (Wildman–Crippen MR) is 69.2 cm³/mol. The first kappa shape index (κ1) is 12.6. The molecule has 96 valence electrons. The molecule has 18 heavy (non-hydrogen) atoms.